The molecule has 28 heavy (non-hydrogen) atoms. The number of benzene rings is 1. The maximum atomic E-state index is 12.9. The molecule has 0 unspecified atom stereocenters. The van der Waals surface area contributed by atoms with E-state index in [0.717, 1.165) is 16.9 Å². The number of aryl methyl sites for hydroxylation is 1. The molecular formula is C19H20BrNO6S. The summed E-state index contributed by atoms with van der Waals surface area (Å²) in [7, 11) is 2.72. The van der Waals surface area contributed by atoms with Gasteiger partial charge >= 0.3 is 11.9 Å². The molecular weight excluding hydrogens is 450 g/mol. The molecule has 0 spiro atoms. The fraction of sp³-hybridized carbons (Fsp3) is 0.316. The molecule has 1 amide bonds. The SMILES string of the molecule is CCOC(=O)c1c(NC(=O)c2cc(Br)cc(C)c2OC)sc(C(=O)OC)c1C. The van der Waals surface area contributed by atoms with Crippen LogP contribution in [0, 0.1) is 13.8 Å². The first-order valence-corrected chi connectivity index (χ1v) is 9.90. The van der Waals surface area contributed by atoms with Crippen LogP contribution in [0.5, 0.6) is 5.75 Å². The zero-order valence-electron chi connectivity index (χ0n) is 16.1. The molecule has 0 aliphatic carbocycles. The van der Waals surface area contributed by atoms with Crippen molar-refractivity contribution in [3.63, 3.8) is 0 Å². The van der Waals surface area contributed by atoms with Crippen molar-refractivity contribution >= 4 is 50.1 Å². The smallest absolute Gasteiger partial charge is 0.348 e. The Bertz CT molecular complexity index is 937. The van der Waals surface area contributed by atoms with Crippen molar-refractivity contribution in [2.75, 3.05) is 26.1 Å². The van der Waals surface area contributed by atoms with Gasteiger partial charge in [-0.15, -0.1) is 11.3 Å². The van der Waals surface area contributed by atoms with Crippen LogP contribution in [0.1, 0.15) is 48.4 Å². The third-order valence-corrected chi connectivity index (χ3v) is 5.56. The number of rotatable bonds is 6. The Kier molecular flexibility index (Phi) is 7.20. The summed E-state index contributed by atoms with van der Waals surface area (Å²) in [6, 6.07) is 3.44. The highest BCUT2D eigenvalue weighted by atomic mass is 79.9. The lowest BCUT2D eigenvalue weighted by atomic mass is 10.1. The number of carbonyl (C=O) groups excluding carboxylic acids is 3. The Morgan fingerprint density at radius 3 is 2.39 bits per heavy atom. The lowest BCUT2D eigenvalue weighted by molar-refractivity contribution is 0.0527. The van der Waals surface area contributed by atoms with Gasteiger partial charge in [0.1, 0.15) is 15.6 Å². The summed E-state index contributed by atoms with van der Waals surface area (Å²) in [5.74, 6) is -1.28. The zero-order valence-corrected chi connectivity index (χ0v) is 18.5. The van der Waals surface area contributed by atoms with Crippen LogP contribution in [0.2, 0.25) is 0 Å². The van der Waals surface area contributed by atoms with Crippen molar-refractivity contribution in [3.8, 4) is 5.75 Å². The molecule has 0 atom stereocenters. The minimum absolute atomic E-state index is 0.131. The second-order valence-corrected chi connectivity index (χ2v) is 7.67. The van der Waals surface area contributed by atoms with Crippen molar-refractivity contribution < 1.29 is 28.6 Å². The average Bonchev–Trinajstić information content (AvgIpc) is 2.96. The predicted octanol–water partition coefficient (Wildman–Crippen LogP) is 4.35. The van der Waals surface area contributed by atoms with E-state index in [4.69, 9.17) is 14.2 Å². The van der Waals surface area contributed by atoms with Gasteiger partial charge in [-0.3, -0.25) is 4.79 Å². The molecule has 150 valence electrons. The number of esters is 2. The molecule has 1 aromatic carbocycles. The molecule has 9 heteroatoms. The van der Waals surface area contributed by atoms with Gasteiger partial charge in [-0.05, 0) is 44.0 Å². The van der Waals surface area contributed by atoms with Gasteiger partial charge in [0, 0.05) is 4.47 Å². The average molecular weight is 470 g/mol. The number of methoxy groups -OCH3 is 2. The Balaban J connectivity index is 2.52. The fourth-order valence-corrected chi connectivity index (χ4v) is 4.36. The molecule has 0 bridgehead atoms. The van der Waals surface area contributed by atoms with Crippen LogP contribution in [-0.4, -0.2) is 38.7 Å². The minimum atomic E-state index is -0.626. The molecule has 1 heterocycles. The van der Waals surface area contributed by atoms with Gasteiger partial charge in [-0.2, -0.15) is 0 Å². The summed E-state index contributed by atoms with van der Waals surface area (Å²) in [4.78, 5) is 37.6. The van der Waals surface area contributed by atoms with Gasteiger partial charge in [-0.1, -0.05) is 15.9 Å². The molecule has 1 aromatic heterocycles. The number of halogens is 1. The lowest BCUT2D eigenvalue weighted by Crippen LogP contribution is -2.16. The number of carbonyl (C=O) groups is 3. The van der Waals surface area contributed by atoms with Gasteiger partial charge < -0.3 is 19.5 Å². The molecule has 0 saturated carbocycles. The summed E-state index contributed by atoms with van der Waals surface area (Å²) < 4.78 is 15.9. The lowest BCUT2D eigenvalue weighted by Gasteiger charge is -2.12. The molecule has 0 aliphatic heterocycles. The van der Waals surface area contributed by atoms with Gasteiger partial charge in [-0.25, -0.2) is 9.59 Å². The highest BCUT2D eigenvalue weighted by Gasteiger charge is 2.28. The molecule has 0 fully saturated rings. The Hall–Kier alpha value is -2.39. The number of anilines is 1. The number of nitrogens with one attached hydrogen (secondary N) is 1. The van der Waals surface area contributed by atoms with Crippen LogP contribution in [0.15, 0.2) is 16.6 Å². The van der Waals surface area contributed by atoms with Crippen molar-refractivity contribution in [3.05, 3.63) is 43.7 Å². The standard InChI is InChI=1S/C19H20BrNO6S/c1-6-27-18(23)13-10(3)15(19(24)26-5)28-17(13)21-16(22)12-8-11(20)7-9(2)14(12)25-4/h7-8H,6H2,1-5H3,(H,21,22). The van der Waals surface area contributed by atoms with E-state index in [9.17, 15) is 14.4 Å². The highest BCUT2D eigenvalue weighted by molar-refractivity contribution is 9.10. The second-order valence-electron chi connectivity index (χ2n) is 5.73. The van der Waals surface area contributed by atoms with E-state index in [1.54, 1.807) is 19.9 Å². The zero-order chi connectivity index (χ0) is 21.0. The molecule has 7 nitrogen and oxygen atoms in total. The summed E-state index contributed by atoms with van der Waals surface area (Å²) in [6.07, 6.45) is 0. The topological polar surface area (TPSA) is 90.9 Å². The number of ether oxygens (including phenoxy) is 3. The van der Waals surface area contributed by atoms with Crippen molar-refractivity contribution in [1.82, 2.24) is 0 Å². The maximum Gasteiger partial charge on any atom is 0.348 e. The normalized spacial score (nSPS) is 10.4. The van der Waals surface area contributed by atoms with Crippen LogP contribution in [0.4, 0.5) is 5.00 Å². The van der Waals surface area contributed by atoms with E-state index in [1.807, 2.05) is 13.0 Å². The number of hydrogen-bond donors (Lipinski definition) is 1. The van der Waals surface area contributed by atoms with Crippen LogP contribution in [-0.2, 0) is 9.47 Å². The molecule has 1 N–H and O–H groups in total. The van der Waals surface area contributed by atoms with Gasteiger partial charge in [0.2, 0.25) is 0 Å². The van der Waals surface area contributed by atoms with E-state index in [1.165, 1.54) is 14.2 Å². The first kappa shape index (κ1) is 21.9. The first-order chi connectivity index (χ1) is 13.2. The number of amides is 1. The minimum Gasteiger partial charge on any atom is -0.496 e. The van der Waals surface area contributed by atoms with Gasteiger partial charge in [0.05, 0.1) is 32.0 Å². The van der Waals surface area contributed by atoms with Crippen LogP contribution in [0.3, 0.4) is 0 Å². The predicted molar refractivity (Wildman–Crippen MR) is 110 cm³/mol. The highest BCUT2D eigenvalue weighted by Crippen LogP contribution is 2.36. The number of thiophene rings is 1. The monoisotopic (exact) mass is 469 g/mol. The van der Waals surface area contributed by atoms with Gasteiger partial charge in [0.15, 0.2) is 0 Å². The van der Waals surface area contributed by atoms with Gasteiger partial charge in [0.25, 0.3) is 5.91 Å². The Morgan fingerprint density at radius 1 is 1.14 bits per heavy atom. The summed E-state index contributed by atoms with van der Waals surface area (Å²) in [6.45, 7) is 5.26. The van der Waals surface area contributed by atoms with Crippen molar-refractivity contribution in [1.29, 1.82) is 0 Å². The molecule has 0 aliphatic rings. The summed E-state index contributed by atoms with van der Waals surface area (Å²) in [5, 5.41) is 2.91. The van der Waals surface area contributed by atoms with Crippen LogP contribution >= 0.6 is 27.3 Å². The van der Waals surface area contributed by atoms with E-state index in [-0.39, 0.29) is 27.6 Å². The quantitative estimate of drug-likeness (QED) is 0.632. The summed E-state index contributed by atoms with van der Waals surface area (Å²) >= 11 is 4.32. The Labute approximate surface area is 175 Å². The van der Waals surface area contributed by atoms with E-state index in [0.29, 0.717) is 15.8 Å². The maximum absolute atomic E-state index is 12.9. The van der Waals surface area contributed by atoms with Crippen LogP contribution < -0.4 is 10.1 Å². The van der Waals surface area contributed by atoms with E-state index < -0.39 is 17.8 Å². The molecule has 2 rings (SSSR count). The van der Waals surface area contributed by atoms with Crippen molar-refractivity contribution in [2.45, 2.75) is 20.8 Å². The Morgan fingerprint density at radius 2 is 1.82 bits per heavy atom. The molecule has 0 saturated heterocycles. The number of hydrogen-bond acceptors (Lipinski definition) is 7. The molecule has 2 aromatic rings. The largest absolute Gasteiger partial charge is 0.496 e. The van der Waals surface area contributed by atoms with Crippen molar-refractivity contribution in [2.24, 2.45) is 0 Å². The second kappa shape index (κ2) is 9.20. The third kappa shape index (κ3) is 4.36. The van der Waals surface area contributed by atoms with E-state index >= 15 is 0 Å². The van der Waals surface area contributed by atoms with Crippen LogP contribution in [0.25, 0.3) is 0 Å². The molecule has 0 radical (unpaired) electrons. The fourth-order valence-electron chi connectivity index (χ4n) is 2.68. The first-order valence-electron chi connectivity index (χ1n) is 8.29. The third-order valence-electron chi connectivity index (χ3n) is 3.91. The van der Waals surface area contributed by atoms with E-state index in [2.05, 4.69) is 21.2 Å². The summed E-state index contributed by atoms with van der Waals surface area (Å²) in [5.41, 5.74) is 1.58.